The van der Waals surface area contributed by atoms with Gasteiger partial charge in [-0.25, -0.2) is 0 Å². The van der Waals surface area contributed by atoms with Crippen LogP contribution in [-0.2, 0) is 0 Å². The number of aliphatic imine (C=N–C) groups is 1. The topological polar surface area (TPSA) is 28.1 Å². The predicted octanol–water partition coefficient (Wildman–Crippen LogP) is 3.66. The summed E-state index contributed by atoms with van der Waals surface area (Å²) < 4.78 is 0. The lowest BCUT2D eigenvalue weighted by Gasteiger charge is -1.93. The van der Waals surface area contributed by atoms with Gasteiger partial charge in [0.05, 0.1) is 5.70 Å². The van der Waals surface area contributed by atoms with Crippen LogP contribution in [0.3, 0.4) is 0 Å². The summed E-state index contributed by atoms with van der Waals surface area (Å²) in [7, 11) is 0. The predicted molar refractivity (Wildman–Crippen MR) is 64.5 cm³/mol. The first-order valence-electron chi connectivity index (χ1n) is 4.81. The molecule has 0 amide bonds. The fourth-order valence-corrected chi connectivity index (χ4v) is 0.911. The van der Waals surface area contributed by atoms with Crippen LogP contribution in [0.4, 0.5) is 0 Å². The zero-order valence-electron chi connectivity index (χ0n) is 9.12. The van der Waals surface area contributed by atoms with E-state index < -0.39 is 0 Å². The van der Waals surface area contributed by atoms with Crippen molar-refractivity contribution in [3.05, 3.63) is 42.3 Å². The molecule has 0 aliphatic carbocycles. The van der Waals surface area contributed by atoms with Crippen molar-refractivity contribution in [3.63, 3.8) is 0 Å². The Morgan fingerprint density at radius 1 is 1.50 bits per heavy atom. The van der Waals surface area contributed by atoms with Gasteiger partial charge in [-0.05, 0) is 25.8 Å². The highest BCUT2D eigenvalue weighted by molar-refractivity contribution is 5.68. The van der Waals surface area contributed by atoms with Gasteiger partial charge in [-0.1, -0.05) is 26.0 Å². The second-order valence-corrected chi connectivity index (χ2v) is 2.34. The van der Waals surface area contributed by atoms with E-state index in [0.29, 0.717) is 0 Å². The second kappa shape index (κ2) is 8.05. The number of allylic oxidation sites excluding steroid dienone is 3. The van der Waals surface area contributed by atoms with Gasteiger partial charge in [0.25, 0.3) is 0 Å². The normalized spacial score (nSPS) is 10.9. The van der Waals surface area contributed by atoms with E-state index in [1.54, 1.807) is 0 Å². The van der Waals surface area contributed by atoms with E-state index in [9.17, 15) is 0 Å². The van der Waals surface area contributed by atoms with Gasteiger partial charge in [0.2, 0.25) is 0 Å². The Morgan fingerprint density at radius 3 is 2.64 bits per heavy atom. The minimum atomic E-state index is 0.884. The van der Waals surface area contributed by atoms with Crippen molar-refractivity contribution < 1.29 is 0 Å². The Balaban J connectivity index is 0.000000791. The zero-order valence-corrected chi connectivity index (χ0v) is 9.12. The van der Waals surface area contributed by atoms with Gasteiger partial charge in [-0.15, -0.1) is 0 Å². The Hall–Kier alpha value is -1.57. The van der Waals surface area contributed by atoms with Crippen molar-refractivity contribution in [2.75, 3.05) is 0 Å². The number of aromatic nitrogens is 1. The van der Waals surface area contributed by atoms with E-state index in [-0.39, 0.29) is 0 Å². The highest BCUT2D eigenvalue weighted by atomic mass is 14.7. The summed E-state index contributed by atoms with van der Waals surface area (Å²) in [5.41, 5.74) is 1.94. The minimum absolute atomic E-state index is 0.884. The van der Waals surface area contributed by atoms with E-state index >= 15 is 0 Å². The van der Waals surface area contributed by atoms with Gasteiger partial charge in [0, 0.05) is 18.0 Å². The van der Waals surface area contributed by atoms with Crippen molar-refractivity contribution in [1.29, 1.82) is 0 Å². The molecule has 14 heavy (non-hydrogen) atoms. The van der Waals surface area contributed by atoms with Crippen molar-refractivity contribution in [2.45, 2.75) is 20.8 Å². The highest BCUT2D eigenvalue weighted by Gasteiger charge is 1.95. The molecule has 2 nitrogen and oxygen atoms in total. The summed E-state index contributed by atoms with van der Waals surface area (Å²) in [5, 5.41) is 0. The summed E-state index contributed by atoms with van der Waals surface area (Å²) in [6.07, 6.45) is 9.58. The van der Waals surface area contributed by atoms with Gasteiger partial charge < -0.3 is 4.98 Å². The standard InChI is InChI=1S/C10H12N2.C2H6/c1-3-4-5-10(11-2)9-6-7-12-8-9;1-2/h3-8,12H,2H2,1H3;1-2H3/b4-3-,10-5-;. The second-order valence-electron chi connectivity index (χ2n) is 2.34. The number of hydrogen-bond acceptors (Lipinski definition) is 1. The molecule has 0 fully saturated rings. The Kier molecular flexibility index (Phi) is 7.15. The lowest BCUT2D eigenvalue weighted by atomic mass is 10.2. The van der Waals surface area contributed by atoms with Crippen molar-refractivity contribution in [3.8, 4) is 0 Å². The van der Waals surface area contributed by atoms with Crippen molar-refractivity contribution >= 4 is 12.4 Å². The molecule has 0 spiro atoms. The molecular formula is C12H18N2. The number of hydrogen-bond donors (Lipinski definition) is 1. The first-order chi connectivity index (χ1) is 6.88. The van der Waals surface area contributed by atoms with Gasteiger partial charge >= 0.3 is 0 Å². The lowest BCUT2D eigenvalue weighted by Crippen LogP contribution is -1.73. The summed E-state index contributed by atoms with van der Waals surface area (Å²) in [6.45, 7) is 9.47. The van der Waals surface area contributed by atoms with Crippen LogP contribution in [-0.4, -0.2) is 11.7 Å². The Bertz CT molecular complexity index is 292. The van der Waals surface area contributed by atoms with E-state index in [2.05, 4.69) is 16.7 Å². The molecule has 0 unspecified atom stereocenters. The van der Waals surface area contributed by atoms with Crippen LogP contribution in [0.5, 0.6) is 0 Å². The molecule has 1 rings (SSSR count). The molecule has 0 saturated carbocycles. The summed E-state index contributed by atoms with van der Waals surface area (Å²) in [6, 6.07) is 1.96. The highest BCUT2D eigenvalue weighted by Crippen LogP contribution is 2.13. The van der Waals surface area contributed by atoms with E-state index in [1.807, 2.05) is 57.5 Å². The molecule has 1 aromatic rings. The largest absolute Gasteiger partial charge is 0.367 e. The quantitative estimate of drug-likeness (QED) is 0.556. The van der Waals surface area contributed by atoms with Gasteiger partial charge in [0.15, 0.2) is 0 Å². The Labute approximate surface area is 86.1 Å². The monoisotopic (exact) mass is 190 g/mol. The Morgan fingerprint density at radius 2 is 2.21 bits per heavy atom. The molecule has 0 atom stereocenters. The third kappa shape index (κ3) is 3.90. The molecule has 1 aromatic heterocycles. The molecular weight excluding hydrogens is 172 g/mol. The van der Waals surface area contributed by atoms with Crippen molar-refractivity contribution in [2.24, 2.45) is 4.99 Å². The molecule has 0 aliphatic rings. The summed E-state index contributed by atoms with van der Waals surface area (Å²) in [5.74, 6) is 0. The van der Waals surface area contributed by atoms with Gasteiger partial charge in [0.1, 0.15) is 0 Å². The molecule has 0 radical (unpaired) electrons. The third-order valence-electron chi connectivity index (χ3n) is 1.51. The average Bonchev–Trinajstić information content (AvgIpc) is 2.76. The summed E-state index contributed by atoms with van der Waals surface area (Å²) >= 11 is 0. The first kappa shape index (κ1) is 12.4. The van der Waals surface area contributed by atoms with Crippen LogP contribution in [0.25, 0.3) is 5.70 Å². The molecule has 2 heteroatoms. The zero-order chi connectivity index (χ0) is 10.8. The smallest absolute Gasteiger partial charge is 0.0709 e. The minimum Gasteiger partial charge on any atom is -0.367 e. The average molecular weight is 190 g/mol. The maximum atomic E-state index is 3.91. The molecule has 0 aliphatic heterocycles. The number of nitrogens with zero attached hydrogens (tertiary/aromatic N) is 1. The number of nitrogens with one attached hydrogen (secondary N) is 1. The molecule has 1 heterocycles. The molecule has 1 N–H and O–H groups in total. The number of H-pyrrole nitrogens is 1. The van der Waals surface area contributed by atoms with E-state index in [0.717, 1.165) is 11.3 Å². The number of rotatable bonds is 3. The van der Waals surface area contributed by atoms with Crippen LogP contribution in [0, 0.1) is 0 Å². The maximum Gasteiger partial charge on any atom is 0.0709 e. The molecule has 0 saturated heterocycles. The molecule has 0 aromatic carbocycles. The van der Waals surface area contributed by atoms with Crippen LogP contribution in [0.15, 0.2) is 41.7 Å². The van der Waals surface area contributed by atoms with Crippen molar-refractivity contribution in [1.82, 2.24) is 4.98 Å². The molecule has 76 valence electrons. The van der Waals surface area contributed by atoms with E-state index in [4.69, 9.17) is 0 Å². The lowest BCUT2D eigenvalue weighted by molar-refractivity contribution is 1.40. The van der Waals surface area contributed by atoms with Crippen LogP contribution in [0.1, 0.15) is 26.3 Å². The molecule has 0 bridgehead atoms. The van der Waals surface area contributed by atoms with Crippen LogP contribution < -0.4 is 0 Å². The first-order valence-corrected chi connectivity index (χ1v) is 4.81. The SMILES string of the molecule is C=N/C(=C\C=C/C)c1cc[nH]c1.CC. The maximum absolute atomic E-state index is 3.91. The fraction of sp³-hybridized carbons (Fsp3) is 0.250. The fourth-order valence-electron chi connectivity index (χ4n) is 0.911. The third-order valence-corrected chi connectivity index (χ3v) is 1.51. The van der Waals surface area contributed by atoms with Crippen LogP contribution in [0.2, 0.25) is 0 Å². The number of aromatic amines is 1. The van der Waals surface area contributed by atoms with E-state index in [1.165, 1.54) is 0 Å². The van der Waals surface area contributed by atoms with Gasteiger partial charge in [-0.2, -0.15) is 0 Å². The summed E-state index contributed by atoms with van der Waals surface area (Å²) in [4.78, 5) is 6.88. The van der Waals surface area contributed by atoms with Gasteiger partial charge in [-0.3, -0.25) is 4.99 Å². The van der Waals surface area contributed by atoms with Crippen LogP contribution >= 0.6 is 0 Å².